The molecule has 3 fully saturated rings. The van der Waals surface area contributed by atoms with Crippen molar-refractivity contribution < 1.29 is 5.11 Å². The lowest BCUT2D eigenvalue weighted by atomic mass is 9.78. The molecule has 1 aromatic rings. The Bertz CT molecular complexity index is 506. The first-order valence-corrected chi connectivity index (χ1v) is 8.24. The molecule has 1 aliphatic heterocycles. The van der Waals surface area contributed by atoms with Crippen molar-refractivity contribution in [1.29, 1.82) is 0 Å². The van der Waals surface area contributed by atoms with Crippen LogP contribution in [-0.4, -0.2) is 28.6 Å². The lowest BCUT2D eigenvalue weighted by Crippen LogP contribution is -2.33. The predicted molar refractivity (Wildman–Crippen MR) is 80.7 cm³/mol. The number of hydrogen-bond acceptors (Lipinski definition) is 2. The monoisotopic (exact) mass is 271 g/mol. The molecule has 0 radical (unpaired) electrons. The first kappa shape index (κ1) is 12.8. The maximum absolute atomic E-state index is 11.1. The molecule has 1 saturated heterocycles. The number of aliphatic hydroxyl groups is 1. The summed E-state index contributed by atoms with van der Waals surface area (Å²) in [6.07, 6.45) is 7.55. The maximum atomic E-state index is 11.1. The number of β-amino-alcohol motifs (C(OH)–C–C–N with tert-alkyl or cyclic N) is 1. The molecule has 2 saturated carbocycles. The zero-order chi connectivity index (χ0) is 13.7. The van der Waals surface area contributed by atoms with Gasteiger partial charge in [0.15, 0.2) is 0 Å². The van der Waals surface area contributed by atoms with Crippen LogP contribution in [0, 0.1) is 0 Å². The standard InChI is InChI=1S/C18H25NO/c1-13-11-18(20,12-19(13)17-8-9-17)16-7-3-6-15(10-16)14-4-2-5-14/h3,6-7,10,13-14,17,20H,2,4-5,8-9,11-12H2,1H3. The molecule has 2 nitrogen and oxygen atoms in total. The first-order chi connectivity index (χ1) is 9.66. The predicted octanol–water partition coefficient (Wildman–Crippen LogP) is 3.40. The van der Waals surface area contributed by atoms with Crippen molar-refractivity contribution in [3.05, 3.63) is 35.4 Å². The maximum Gasteiger partial charge on any atom is 0.104 e. The summed E-state index contributed by atoms with van der Waals surface area (Å²) >= 11 is 0. The van der Waals surface area contributed by atoms with E-state index in [0.29, 0.717) is 6.04 Å². The average molecular weight is 271 g/mol. The fourth-order valence-electron chi connectivity index (χ4n) is 4.06. The smallest absolute Gasteiger partial charge is 0.104 e. The fourth-order valence-corrected chi connectivity index (χ4v) is 4.06. The number of rotatable bonds is 3. The highest BCUT2D eigenvalue weighted by atomic mass is 16.3. The van der Waals surface area contributed by atoms with E-state index in [-0.39, 0.29) is 0 Å². The second kappa shape index (κ2) is 4.57. The van der Waals surface area contributed by atoms with Crippen molar-refractivity contribution in [1.82, 2.24) is 4.90 Å². The molecule has 3 aliphatic rings. The van der Waals surface area contributed by atoms with E-state index < -0.39 is 5.60 Å². The molecule has 2 heteroatoms. The molecule has 1 heterocycles. The van der Waals surface area contributed by atoms with Crippen molar-refractivity contribution in [2.45, 2.75) is 69.1 Å². The molecule has 108 valence electrons. The van der Waals surface area contributed by atoms with Crippen LogP contribution in [0.2, 0.25) is 0 Å². The van der Waals surface area contributed by atoms with Gasteiger partial charge >= 0.3 is 0 Å². The molecule has 1 aromatic carbocycles. The van der Waals surface area contributed by atoms with Crippen molar-refractivity contribution in [2.24, 2.45) is 0 Å². The van der Waals surface area contributed by atoms with Gasteiger partial charge in [0.2, 0.25) is 0 Å². The van der Waals surface area contributed by atoms with Gasteiger partial charge in [-0.1, -0.05) is 30.7 Å². The van der Waals surface area contributed by atoms with Gasteiger partial charge in [0.05, 0.1) is 0 Å². The molecular formula is C18H25NO. The largest absolute Gasteiger partial charge is 0.384 e. The molecule has 2 atom stereocenters. The minimum Gasteiger partial charge on any atom is -0.384 e. The van der Waals surface area contributed by atoms with Crippen LogP contribution in [0.5, 0.6) is 0 Å². The van der Waals surface area contributed by atoms with Crippen molar-refractivity contribution >= 4 is 0 Å². The molecule has 0 amide bonds. The Balaban J connectivity index is 1.59. The van der Waals surface area contributed by atoms with Crippen molar-refractivity contribution in [3.63, 3.8) is 0 Å². The minimum atomic E-state index is -0.623. The molecule has 2 unspecified atom stereocenters. The summed E-state index contributed by atoms with van der Waals surface area (Å²) in [5, 5.41) is 11.1. The number of benzene rings is 1. The van der Waals surface area contributed by atoms with Crippen LogP contribution in [0.3, 0.4) is 0 Å². The molecule has 0 aromatic heterocycles. The summed E-state index contributed by atoms with van der Waals surface area (Å²) in [6, 6.07) is 10.1. The van der Waals surface area contributed by atoms with Gasteiger partial charge in [0, 0.05) is 18.6 Å². The Morgan fingerprint density at radius 1 is 1.20 bits per heavy atom. The average Bonchev–Trinajstić information content (AvgIpc) is 3.14. The summed E-state index contributed by atoms with van der Waals surface area (Å²) in [4.78, 5) is 2.52. The lowest BCUT2D eigenvalue weighted by molar-refractivity contribution is 0.0450. The first-order valence-electron chi connectivity index (χ1n) is 8.24. The van der Waals surface area contributed by atoms with Gasteiger partial charge in [-0.05, 0) is 56.1 Å². The third kappa shape index (κ3) is 2.10. The highest BCUT2D eigenvalue weighted by molar-refractivity contribution is 5.33. The van der Waals surface area contributed by atoms with E-state index >= 15 is 0 Å². The lowest BCUT2D eigenvalue weighted by Gasteiger charge is -2.29. The van der Waals surface area contributed by atoms with E-state index in [4.69, 9.17) is 0 Å². The van der Waals surface area contributed by atoms with Gasteiger partial charge in [0.25, 0.3) is 0 Å². The van der Waals surface area contributed by atoms with Crippen LogP contribution >= 0.6 is 0 Å². The van der Waals surface area contributed by atoms with E-state index in [0.717, 1.165) is 30.5 Å². The Kier molecular flexibility index (Phi) is 2.94. The van der Waals surface area contributed by atoms with Gasteiger partial charge in [-0.25, -0.2) is 0 Å². The Hall–Kier alpha value is -0.860. The molecule has 1 N–H and O–H groups in total. The van der Waals surface area contributed by atoms with Crippen LogP contribution in [-0.2, 0) is 5.60 Å². The SMILES string of the molecule is CC1CC(O)(c2cccc(C3CCC3)c2)CN1C1CC1. The zero-order valence-electron chi connectivity index (χ0n) is 12.4. The van der Waals surface area contributed by atoms with Crippen LogP contribution in [0.25, 0.3) is 0 Å². The second-order valence-electron chi connectivity index (χ2n) is 7.24. The zero-order valence-corrected chi connectivity index (χ0v) is 12.4. The van der Waals surface area contributed by atoms with E-state index in [1.807, 2.05) is 0 Å². The molecule has 0 spiro atoms. The highest BCUT2D eigenvalue weighted by Crippen LogP contribution is 2.43. The molecule has 4 rings (SSSR count). The Labute approximate surface area is 121 Å². The van der Waals surface area contributed by atoms with Gasteiger partial charge in [-0.15, -0.1) is 0 Å². The number of nitrogens with zero attached hydrogens (tertiary/aromatic N) is 1. The Morgan fingerprint density at radius 2 is 2.00 bits per heavy atom. The summed E-state index contributed by atoms with van der Waals surface area (Å²) in [5.74, 6) is 0.747. The fraction of sp³-hybridized carbons (Fsp3) is 0.667. The normalized spacial score (nSPS) is 35.2. The summed E-state index contributed by atoms with van der Waals surface area (Å²) < 4.78 is 0. The van der Waals surface area contributed by atoms with Crippen LogP contribution in [0.4, 0.5) is 0 Å². The molecule has 20 heavy (non-hydrogen) atoms. The molecule has 2 aliphatic carbocycles. The van der Waals surface area contributed by atoms with Crippen LogP contribution in [0.15, 0.2) is 24.3 Å². The van der Waals surface area contributed by atoms with Gasteiger partial charge in [-0.3, -0.25) is 4.90 Å². The van der Waals surface area contributed by atoms with Crippen LogP contribution in [0.1, 0.15) is 62.5 Å². The van der Waals surface area contributed by atoms with Crippen molar-refractivity contribution in [3.8, 4) is 0 Å². The van der Waals surface area contributed by atoms with E-state index in [9.17, 15) is 5.11 Å². The second-order valence-corrected chi connectivity index (χ2v) is 7.24. The molecule has 0 bridgehead atoms. The number of hydrogen-bond donors (Lipinski definition) is 1. The third-order valence-corrected chi connectivity index (χ3v) is 5.66. The number of likely N-dealkylation sites (tertiary alicyclic amines) is 1. The summed E-state index contributed by atoms with van der Waals surface area (Å²) in [6.45, 7) is 3.10. The van der Waals surface area contributed by atoms with Crippen molar-refractivity contribution in [2.75, 3.05) is 6.54 Å². The van der Waals surface area contributed by atoms with Crippen LogP contribution < -0.4 is 0 Å². The van der Waals surface area contributed by atoms with E-state index in [1.165, 1.54) is 37.7 Å². The molecular weight excluding hydrogens is 246 g/mol. The third-order valence-electron chi connectivity index (χ3n) is 5.66. The summed E-state index contributed by atoms with van der Waals surface area (Å²) in [7, 11) is 0. The minimum absolute atomic E-state index is 0.514. The quantitative estimate of drug-likeness (QED) is 0.911. The Morgan fingerprint density at radius 3 is 2.65 bits per heavy atom. The highest BCUT2D eigenvalue weighted by Gasteiger charge is 2.46. The van der Waals surface area contributed by atoms with Gasteiger partial charge < -0.3 is 5.11 Å². The summed E-state index contributed by atoms with van der Waals surface area (Å²) in [5.41, 5.74) is 1.97. The van der Waals surface area contributed by atoms with Gasteiger partial charge in [-0.2, -0.15) is 0 Å². The van der Waals surface area contributed by atoms with E-state index in [2.05, 4.69) is 36.1 Å². The van der Waals surface area contributed by atoms with Gasteiger partial charge in [0.1, 0.15) is 5.60 Å². The van der Waals surface area contributed by atoms with E-state index in [1.54, 1.807) is 0 Å². The topological polar surface area (TPSA) is 23.5 Å².